The molecule has 0 fully saturated rings. The number of carboxylic acid groups (broad SMARTS) is 1. The highest BCUT2D eigenvalue weighted by Crippen LogP contribution is 2.35. The third-order valence-electron chi connectivity index (χ3n) is 0.906. The first-order chi connectivity index (χ1) is 5.65. The number of hydrogen-bond donors (Lipinski definition) is 4. The van der Waals surface area contributed by atoms with Crippen molar-refractivity contribution < 1.29 is 30.1 Å². The zero-order valence-corrected chi connectivity index (χ0v) is 6.90. The molecule has 0 aromatic rings. The Morgan fingerprint density at radius 3 is 2.58 bits per heavy atom. The molecule has 0 heterocycles. The van der Waals surface area contributed by atoms with E-state index in [9.17, 15) is 9.36 Å². The average Bonchev–Trinajstić information content (AvgIpc) is 1.82. The predicted octanol–water partition coefficient (Wildman–Crippen LogP) is -1.10. The standard InChI is InChI=1S/C4H10NO6P/c5-3(4(6)7)1-2-11-12(8,9)10/h3H,1-2,5H2,(H,6,7)(H2,8,9,10)/t3-/m0/s1/i3D. The number of rotatable bonds is 5. The van der Waals surface area contributed by atoms with E-state index in [-0.39, 0.29) is 0 Å². The summed E-state index contributed by atoms with van der Waals surface area (Å²) in [6.45, 7) is -0.587. The number of carbonyl (C=O) groups is 1. The van der Waals surface area contributed by atoms with Gasteiger partial charge in [-0.3, -0.25) is 9.32 Å². The molecule has 8 heteroatoms. The van der Waals surface area contributed by atoms with Crippen LogP contribution in [0.4, 0.5) is 0 Å². The Balaban J connectivity index is 3.91. The van der Waals surface area contributed by atoms with Crippen LogP contribution in [-0.4, -0.2) is 33.5 Å². The van der Waals surface area contributed by atoms with Gasteiger partial charge in [-0.05, 0) is 6.42 Å². The van der Waals surface area contributed by atoms with E-state index in [1.165, 1.54) is 0 Å². The van der Waals surface area contributed by atoms with Crippen molar-refractivity contribution in [2.45, 2.75) is 12.4 Å². The summed E-state index contributed by atoms with van der Waals surface area (Å²) in [7, 11) is -4.61. The van der Waals surface area contributed by atoms with Crippen LogP contribution in [0.2, 0.25) is 0 Å². The smallest absolute Gasteiger partial charge is 0.469 e. The van der Waals surface area contributed by atoms with E-state index in [4.69, 9.17) is 22.0 Å². The molecule has 0 rings (SSSR count). The maximum atomic E-state index is 10.2. The zero-order chi connectivity index (χ0) is 10.7. The molecule has 0 bridgehead atoms. The first kappa shape index (κ1) is 9.63. The van der Waals surface area contributed by atoms with E-state index < -0.39 is 32.8 Å². The summed E-state index contributed by atoms with van der Waals surface area (Å²) in [6, 6.07) is -2.28. The molecule has 0 aliphatic heterocycles. The number of phosphoric ester groups is 1. The van der Waals surface area contributed by atoms with E-state index in [1.807, 2.05) is 0 Å². The average molecular weight is 200 g/mol. The number of carboxylic acids is 1. The molecule has 0 saturated heterocycles. The van der Waals surface area contributed by atoms with Crippen LogP contribution in [0.25, 0.3) is 0 Å². The third kappa shape index (κ3) is 6.26. The maximum Gasteiger partial charge on any atom is 0.469 e. The van der Waals surface area contributed by atoms with Gasteiger partial charge in [-0.25, -0.2) is 4.57 Å². The Morgan fingerprint density at radius 1 is 1.75 bits per heavy atom. The minimum atomic E-state index is -4.61. The van der Waals surface area contributed by atoms with Crippen molar-refractivity contribution in [3.8, 4) is 0 Å². The van der Waals surface area contributed by atoms with Crippen molar-refractivity contribution in [2.75, 3.05) is 6.61 Å². The lowest BCUT2D eigenvalue weighted by Crippen LogP contribution is -2.31. The van der Waals surface area contributed by atoms with Crippen LogP contribution in [0.5, 0.6) is 0 Å². The van der Waals surface area contributed by atoms with Crippen LogP contribution in [0.15, 0.2) is 0 Å². The monoisotopic (exact) mass is 200 g/mol. The normalized spacial score (nSPS) is 18.1. The van der Waals surface area contributed by atoms with Gasteiger partial charge in [-0.1, -0.05) is 0 Å². The Kier molecular flexibility index (Phi) is 3.64. The van der Waals surface area contributed by atoms with Gasteiger partial charge < -0.3 is 20.6 Å². The van der Waals surface area contributed by atoms with Crippen molar-refractivity contribution in [1.29, 1.82) is 0 Å². The summed E-state index contributed by atoms with van der Waals surface area (Å²) in [5.41, 5.74) is 4.92. The summed E-state index contributed by atoms with van der Waals surface area (Å²) in [6.07, 6.45) is -0.507. The lowest BCUT2D eigenvalue weighted by molar-refractivity contribution is -0.138. The number of aliphatic carboxylic acids is 1. The Bertz CT molecular complexity index is 237. The van der Waals surface area contributed by atoms with Crippen LogP contribution < -0.4 is 5.73 Å². The molecule has 0 aliphatic carbocycles. The fraction of sp³-hybridized carbons (Fsp3) is 0.750. The highest BCUT2D eigenvalue weighted by atomic mass is 31.2. The third-order valence-corrected chi connectivity index (χ3v) is 1.42. The van der Waals surface area contributed by atoms with Crippen LogP contribution >= 0.6 is 7.82 Å². The maximum absolute atomic E-state index is 10.2. The topological polar surface area (TPSA) is 130 Å². The number of phosphoric acid groups is 1. The number of hydrogen-bond acceptors (Lipinski definition) is 4. The summed E-state index contributed by atoms with van der Waals surface area (Å²) in [5, 5.41) is 8.31. The van der Waals surface area contributed by atoms with Crippen LogP contribution in [0.1, 0.15) is 7.79 Å². The largest absolute Gasteiger partial charge is 0.480 e. The van der Waals surface area contributed by atoms with Crippen molar-refractivity contribution in [3.05, 3.63) is 0 Å². The molecular weight excluding hydrogens is 189 g/mol. The molecule has 5 N–H and O–H groups in total. The van der Waals surface area contributed by atoms with E-state index in [2.05, 4.69) is 4.52 Å². The van der Waals surface area contributed by atoms with Crippen LogP contribution in [-0.2, 0) is 13.9 Å². The minimum absolute atomic E-state index is 0.507. The second-order valence-electron chi connectivity index (χ2n) is 1.90. The van der Waals surface area contributed by atoms with Gasteiger partial charge in [0.1, 0.15) is 6.02 Å². The molecule has 72 valence electrons. The highest BCUT2D eigenvalue weighted by molar-refractivity contribution is 7.46. The second kappa shape index (κ2) is 4.54. The predicted molar refractivity (Wildman–Crippen MR) is 38.2 cm³/mol. The van der Waals surface area contributed by atoms with Gasteiger partial charge in [-0.2, -0.15) is 0 Å². The Morgan fingerprint density at radius 2 is 2.25 bits per heavy atom. The first-order valence-corrected chi connectivity index (χ1v) is 4.40. The second-order valence-corrected chi connectivity index (χ2v) is 3.14. The van der Waals surface area contributed by atoms with Crippen LogP contribution in [0, 0.1) is 0 Å². The quantitative estimate of drug-likeness (QED) is 0.414. The van der Waals surface area contributed by atoms with E-state index >= 15 is 0 Å². The lowest BCUT2D eigenvalue weighted by atomic mass is 10.2. The van der Waals surface area contributed by atoms with Crippen LogP contribution in [0.3, 0.4) is 0 Å². The molecule has 12 heavy (non-hydrogen) atoms. The first-order valence-electron chi connectivity index (χ1n) is 3.37. The van der Waals surface area contributed by atoms with Gasteiger partial charge in [0.2, 0.25) is 0 Å². The van der Waals surface area contributed by atoms with Gasteiger partial charge in [0.15, 0.2) is 0 Å². The SMILES string of the molecule is [2H][C@](N)(CCOP(=O)(O)O)C(=O)O. The number of nitrogens with two attached hydrogens (primary N) is 1. The summed E-state index contributed by atoms with van der Waals surface area (Å²) in [4.78, 5) is 26.6. The summed E-state index contributed by atoms with van der Waals surface area (Å²) < 4.78 is 21.0. The summed E-state index contributed by atoms with van der Waals surface area (Å²) in [5.74, 6) is -1.58. The van der Waals surface area contributed by atoms with Gasteiger partial charge in [0.25, 0.3) is 0 Å². The van der Waals surface area contributed by atoms with Gasteiger partial charge in [0.05, 0.1) is 7.98 Å². The molecule has 0 saturated carbocycles. The van der Waals surface area contributed by atoms with Gasteiger partial charge in [0, 0.05) is 0 Å². The molecule has 1 atom stereocenters. The molecule has 0 aromatic carbocycles. The molecule has 0 spiro atoms. The molecular formula is C4H10NO6P. The molecule has 0 aromatic heterocycles. The molecule has 0 radical (unpaired) electrons. The molecule has 0 aliphatic rings. The van der Waals surface area contributed by atoms with Crippen molar-refractivity contribution in [3.63, 3.8) is 0 Å². The Labute approximate surface area is 69.8 Å². The van der Waals surface area contributed by atoms with Gasteiger partial charge >= 0.3 is 13.8 Å². The lowest BCUT2D eigenvalue weighted by Gasteiger charge is -2.07. The van der Waals surface area contributed by atoms with Crippen molar-refractivity contribution in [2.24, 2.45) is 5.73 Å². The Hall–Kier alpha value is -0.460. The fourth-order valence-corrected chi connectivity index (χ4v) is 0.711. The molecule has 0 amide bonds. The van der Waals surface area contributed by atoms with Crippen molar-refractivity contribution >= 4 is 13.8 Å². The highest BCUT2D eigenvalue weighted by Gasteiger charge is 2.16. The fourth-order valence-electron chi connectivity index (χ4n) is 0.381. The van der Waals surface area contributed by atoms with E-state index in [0.29, 0.717) is 0 Å². The van der Waals surface area contributed by atoms with Gasteiger partial charge in [-0.15, -0.1) is 0 Å². The molecule has 7 nitrogen and oxygen atoms in total. The zero-order valence-electron chi connectivity index (χ0n) is 7.01. The van der Waals surface area contributed by atoms with Crippen molar-refractivity contribution in [1.82, 2.24) is 0 Å². The minimum Gasteiger partial charge on any atom is -0.480 e. The van der Waals surface area contributed by atoms with E-state index in [0.717, 1.165) is 0 Å². The molecule has 0 unspecified atom stereocenters. The van der Waals surface area contributed by atoms with E-state index in [1.54, 1.807) is 0 Å². The summed E-state index contributed by atoms with van der Waals surface area (Å²) >= 11 is 0.